The third-order valence-electron chi connectivity index (χ3n) is 2.72. The van der Waals surface area contributed by atoms with Gasteiger partial charge in [0.05, 0.1) is 12.5 Å². The standard InChI is InChI=1S/C15H23NO3/c1-12(2)11-19-9-8-16-10-14(15(17)18)13-6-4-3-5-7-13/h3-7,12,14,16H,8-11H2,1-2H3,(H,17,18). The molecule has 0 aromatic heterocycles. The summed E-state index contributed by atoms with van der Waals surface area (Å²) in [6.45, 7) is 6.64. The number of nitrogens with one attached hydrogen (secondary N) is 1. The number of rotatable bonds is 9. The van der Waals surface area contributed by atoms with Crippen LogP contribution in [-0.2, 0) is 9.53 Å². The zero-order valence-corrected chi connectivity index (χ0v) is 11.6. The van der Waals surface area contributed by atoms with E-state index in [1.807, 2.05) is 30.3 Å². The lowest BCUT2D eigenvalue weighted by atomic mass is 9.99. The number of carboxylic acid groups (broad SMARTS) is 1. The normalized spacial score (nSPS) is 12.6. The average Bonchev–Trinajstić information content (AvgIpc) is 2.38. The zero-order valence-electron chi connectivity index (χ0n) is 11.6. The van der Waals surface area contributed by atoms with E-state index in [-0.39, 0.29) is 0 Å². The van der Waals surface area contributed by atoms with Crippen LogP contribution in [0.1, 0.15) is 25.3 Å². The van der Waals surface area contributed by atoms with Gasteiger partial charge in [0.15, 0.2) is 0 Å². The van der Waals surface area contributed by atoms with Crippen LogP contribution in [0.15, 0.2) is 30.3 Å². The predicted molar refractivity (Wildman–Crippen MR) is 75.3 cm³/mol. The van der Waals surface area contributed by atoms with Crippen molar-refractivity contribution in [1.29, 1.82) is 0 Å². The first-order chi connectivity index (χ1) is 9.11. The Bertz CT molecular complexity index is 365. The van der Waals surface area contributed by atoms with E-state index < -0.39 is 11.9 Å². The molecule has 0 saturated heterocycles. The molecule has 1 aromatic carbocycles. The monoisotopic (exact) mass is 265 g/mol. The molecule has 0 spiro atoms. The van der Waals surface area contributed by atoms with Gasteiger partial charge in [0.1, 0.15) is 0 Å². The Kier molecular flexibility index (Phi) is 7.15. The molecule has 2 N–H and O–H groups in total. The number of hydrogen-bond acceptors (Lipinski definition) is 3. The molecule has 1 rings (SSSR count). The van der Waals surface area contributed by atoms with E-state index in [2.05, 4.69) is 19.2 Å². The number of ether oxygens (including phenoxy) is 1. The summed E-state index contributed by atoms with van der Waals surface area (Å²) in [5.41, 5.74) is 0.825. The molecule has 1 unspecified atom stereocenters. The van der Waals surface area contributed by atoms with Crippen LogP contribution in [-0.4, -0.2) is 37.4 Å². The molecule has 0 heterocycles. The van der Waals surface area contributed by atoms with Crippen molar-refractivity contribution in [2.45, 2.75) is 19.8 Å². The van der Waals surface area contributed by atoms with E-state index in [9.17, 15) is 9.90 Å². The van der Waals surface area contributed by atoms with E-state index in [1.54, 1.807) is 0 Å². The number of hydrogen-bond donors (Lipinski definition) is 2. The van der Waals surface area contributed by atoms with Gasteiger partial charge in [-0.3, -0.25) is 4.79 Å². The molecule has 19 heavy (non-hydrogen) atoms. The molecule has 0 amide bonds. The topological polar surface area (TPSA) is 58.6 Å². The molecule has 0 bridgehead atoms. The van der Waals surface area contributed by atoms with Gasteiger partial charge >= 0.3 is 5.97 Å². The lowest BCUT2D eigenvalue weighted by molar-refractivity contribution is -0.138. The first kappa shape index (κ1) is 15.7. The van der Waals surface area contributed by atoms with Crippen molar-refractivity contribution in [3.63, 3.8) is 0 Å². The fourth-order valence-electron chi connectivity index (χ4n) is 1.74. The van der Waals surface area contributed by atoms with E-state index in [1.165, 1.54) is 0 Å². The van der Waals surface area contributed by atoms with Gasteiger partial charge in [-0.25, -0.2) is 0 Å². The van der Waals surface area contributed by atoms with Gasteiger partial charge in [-0.2, -0.15) is 0 Å². The molecule has 1 aromatic rings. The highest BCUT2D eigenvalue weighted by atomic mass is 16.5. The molecule has 0 aliphatic carbocycles. The Morgan fingerprint density at radius 1 is 1.32 bits per heavy atom. The fraction of sp³-hybridized carbons (Fsp3) is 0.533. The van der Waals surface area contributed by atoms with Crippen LogP contribution in [0.4, 0.5) is 0 Å². The molecular formula is C15H23NO3. The van der Waals surface area contributed by atoms with Crippen molar-refractivity contribution in [3.8, 4) is 0 Å². The van der Waals surface area contributed by atoms with E-state index >= 15 is 0 Å². The van der Waals surface area contributed by atoms with Crippen LogP contribution in [0.2, 0.25) is 0 Å². The summed E-state index contributed by atoms with van der Waals surface area (Å²) in [5.74, 6) is -0.788. The van der Waals surface area contributed by atoms with E-state index in [0.717, 1.165) is 12.2 Å². The van der Waals surface area contributed by atoms with Crippen LogP contribution in [0.5, 0.6) is 0 Å². The summed E-state index contributed by atoms with van der Waals surface area (Å²) < 4.78 is 5.43. The van der Waals surface area contributed by atoms with Crippen molar-refractivity contribution in [2.75, 3.05) is 26.3 Å². The molecule has 1 atom stereocenters. The quantitative estimate of drug-likeness (QED) is 0.671. The summed E-state index contributed by atoms with van der Waals surface area (Å²) in [7, 11) is 0. The van der Waals surface area contributed by atoms with Crippen molar-refractivity contribution >= 4 is 5.97 Å². The van der Waals surface area contributed by atoms with Crippen LogP contribution in [0.3, 0.4) is 0 Å². The van der Waals surface area contributed by atoms with Crippen LogP contribution >= 0.6 is 0 Å². The third-order valence-corrected chi connectivity index (χ3v) is 2.72. The smallest absolute Gasteiger partial charge is 0.312 e. The molecule has 0 aliphatic rings. The molecular weight excluding hydrogens is 242 g/mol. The predicted octanol–water partition coefficient (Wildman–Crippen LogP) is 2.12. The average molecular weight is 265 g/mol. The summed E-state index contributed by atoms with van der Waals surface area (Å²) in [6.07, 6.45) is 0. The molecule has 106 valence electrons. The Hall–Kier alpha value is -1.39. The molecule has 0 fully saturated rings. The minimum absolute atomic E-state index is 0.421. The summed E-state index contributed by atoms with van der Waals surface area (Å²) in [6, 6.07) is 9.29. The minimum Gasteiger partial charge on any atom is -0.481 e. The van der Waals surface area contributed by atoms with Crippen LogP contribution in [0, 0.1) is 5.92 Å². The number of carbonyl (C=O) groups is 1. The number of benzene rings is 1. The van der Waals surface area contributed by atoms with Crippen LogP contribution in [0.25, 0.3) is 0 Å². The zero-order chi connectivity index (χ0) is 14.1. The first-order valence-corrected chi connectivity index (χ1v) is 6.67. The van der Waals surface area contributed by atoms with Gasteiger partial charge in [0.25, 0.3) is 0 Å². The SMILES string of the molecule is CC(C)COCCNCC(C(=O)O)c1ccccc1. The van der Waals surface area contributed by atoms with Crippen LogP contribution < -0.4 is 5.32 Å². The first-order valence-electron chi connectivity index (χ1n) is 6.67. The highest BCUT2D eigenvalue weighted by Crippen LogP contribution is 2.14. The molecule has 0 saturated carbocycles. The number of carboxylic acids is 1. The highest BCUT2D eigenvalue weighted by Gasteiger charge is 2.18. The Labute approximate surface area is 114 Å². The van der Waals surface area contributed by atoms with Crippen molar-refractivity contribution in [2.24, 2.45) is 5.92 Å². The van der Waals surface area contributed by atoms with Gasteiger partial charge in [0, 0.05) is 19.7 Å². The Morgan fingerprint density at radius 2 is 2.00 bits per heavy atom. The Morgan fingerprint density at radius 3 is 2.58 bits per heavy atom. The molecule has 4 heteroatoms. The molecule has 0 aliphatic heterocycles. The number of aliphatic carboxylic acids is 1. The lowest BCUT2D eigenvalue weighted by Gasteiger charge is -2.14. The molecule has 0 radical (unpaired) electrons. The minimum atomic E-state index is -0.804. The van der Waals surface area contributed by atoms with E-state index in [4.69, 9.17) is 4.74 Å². The van der Waals surface area contributed by atoms with Gasteiger partial charge in [0.2, 0.25) is 0 Å². The summed E-state index contributed by atoms with van der Waals surface area (Å²) in [5, 5.41) is 12.4. The van der Waals surface area contributed by atoms with Crippen molar-refractivity contribution in [1.82, 2.24) is 5.32 Å². The maximum atomic E-state index is 11.2. The highest BCUT2D eigenvalue weighted by molar-refractivity contribution is 5.76. The second-order valence-corrected chi connectivity index (χ2v) is 4.97. The van der Waals surface area contributed by atoms with Gasteiger partial charge in [-0.15, -0.1) is 0 Å². The lowest BCUT2D eigenvalue weighted by Crippen LogP contribution is -2.29. The molecule has 4 nitrogen and oxygen atoms in total. The second-order valence-electron chi connectivity index (χ2n) is 4.97. The van der Waals surface area contributed by atoms with E-state index in [0.29, 0.717) is 25.6 Å². The summed E-state index contributed by atoms with van der Waals surface area (Å²) in [4.78, 5) is 11.2. The third kappa shape index (κ3) is 6.36. The Balaban J connectivity index is 2.30. The van der Waals surface area contributed by atoms with Gasteiger partial charge < -0.3 is 15.2 Å². The summed E-state index contributed by atoms with van der Waals surface area (Å²) >= 11 is 0. The maximum Gasteiger partial charge on any atom is 0.312 e. The van der Waals surface area contributed by atoms with Crippen molar-refractivity contribution in [3.05, 3.63) is 35.9 Å². The van der Waals surface area contributed by atoms with Crippen molar-refractivity contribution < 1.29 is 14.6 Å². The van der Waals surface area contributed by atoms with Gasteiger partial charge in [-0.1, -0.05) is 44.2 Å². The largest absolute Gasteiger partial charge is 0.481 e. The van der Waals surface area contributed by atoms with Gasteiger partial charge in [-0.05, 0) is 11.5 Å². The fourth-order valence-corrected chi connectivity index (χ4v) is 1.74. The maximum absolute atomic E-state index is 11.2. The second kappa shape index (κ2) is 8.67.